The van der Waals surface area contributed by atoms with Crippen LogP contribution in [-0.2, 0) is 9.59 Å². The minimum absolute atomic E-state index is 0.0383. The van der Waals surface area contributed by atoms with Crippen LogP contribution in [0.15, 0.2) is 0 Å². The van der Waals surface area contributed by atoms with E-state index in [9.17, 15) is 9.59 Å². The third kappa shape index (κ3) is 3.16. The second-order valence-corrected chi connectivity index (χ2v) is 4.05. The zero-order valence-electron chi connectivity index (χ0n) is 8.58. The smallest absolute Gasteiger partial charge is 0.230 e. The summed E-state index contributed by atoms with van der Waals surface area (Å²) in [5.41, 5.74) is 5.44. The molecular weight excluding hydrogens is 214 g/mol. The molecule has 0 spiro atoms. The molecule has 2 atom stereocenters. The standard InChI is InChI=1S/C9H15N3O2S/c1-2-6(8(10)15)9(14)12-5-3-7(13)11-4-5/h5-6H,2-4H2,1H3,(H2,10,15)(H,11,13)(H,12,14). The Morgan fingerprint density at radius 1 is 1.80 bits per heavy atom. The zero-order chi connectivity index (χ0) is 11.4. The number of hydrogen-bond acceptors (Lipinski definition) is 3. The van der Waals surface area contributed by atoms with Gasteiger partial charge in [0.15, 0.2) is 0 Å². The van der Waals surface area contributed by atoms with E-state index in [1.165, 1.54) is 0 Å². The van der Waals surface area contributed by atoms with Crippen LogP contribution < -0.4 is 16.4 Å². The number of carbonyl (C=O) groups is 2. The van der Waals surface area contributed by atoms with Crippen molar-refractivity contribution in [1.29, 1.82) is 0 Å². The number of hydrogen-bond donors (Lipinski definition) is 3. The second-order valence-electron chi connectivity index (χ2n) is 3.58. The summed E-state index contributed by atoms with van der Waals surface area (Å²) in [4.78, 5) is 22.8. The van der Waals surface area contributed by atoms with Gasteiger partial charge in [0.1, 0.15) is 0 Å². The van der Waals surface area contributed by atoms with Crippen molar-refractivity contribution in [3.8, 4) is 0 Å². The molecule has 2 amide bonds. The SMILES string of the molecule is CCC(C(=O)NC1CNC(=O)C1)C(N)=S. The molecule has 0 radical (unpaired) electrons. The van der Waals surface area contributed by atoms with Crippen molar-refractivity contribution in [2.24, 2.45) is 11.7 Å². The monoisotopic (exact) mass is 229 g/mol. The first kappa shape index (κ1) is 11.9. The summed E-state index contributed by atoms with van der Waals surface area (Å²) in [6.07, 6.45) is 0.911. The van der Waals surface area contributed by atoms with Crippen LogP contribution in [0.5, 0.6) is 0 Å². The summed E-state index contributed by atoms with van der Waals surface area (Å²) in [5.74, 6) is -0.661. The number of rotatable bonds is 4. The van der Waals surface area contributed by atoms with Crippen LogP contribution in [0.4, 0.5) is 0 Å². The highest BCUT2D eigenvalue weighted by molar-refractivity contribution is 7.80. The lowest BCUT2D eigenvalue weighted by Crippen LogP contribution is -2.43. The topological polar surface area (TPSA) is 84.2 Å². The van der Waals surface area contributed by atoms with E-state index in [2.05, 4.69) is 10.6 Å². The molecule has 84 valence electrons. The first-order valence-electron chi connectivity index (χ1n) is 4.91. The summed E-state index contributed by atoms with van der Waals surface area (Å²) < 4.78 is 0. The third-order valence-corrected chi connectivity index (χ3v) is 2.68. The van der Waals surface area contributed by atoms with Crippen molar-refractivity contribution in [3.05, 3.63) is 0 Å². The molecule has 0 aromatic carbocycles. The Labute approximate surface area is 93.8 Å². The zero-order valence-corrected chi connectivity index (χ0v) is 9.39. The van der Waals surface area contributed by atoms with E-state index >= 15 is 0 Å². The fourth-order valence-corrected chi connectivity index (χ4v) is 1.80. The predicted octanol–water partition coefficient (Wildman–Crippen LogP) is -0.697. The van der Waals surface area contributed by atoms with Gasteiger partial charge in [-0.15, -0.1) is 0 Å². The minimum atomic E-state index is -0.435. The molecule has 0 bridgehead atoms. The van der Waals surface area contributed by atoms with Gasteiger partial charge in [0.25, 0.3) is 0 Å². The van der Waals surface area contributed by atoms with Crippen LogP contribution in [0.1, 0.15) is 19.8 Å². The van der Waals surface area contributed by atoms with Gasteiger partial charge in [-0.2, -0.15) is 0 Å². The Bertz CT molecular complexity index is 293. The highest BCUT2D eigenvalue weighted by atomic mass is 32.1. The van der Waals surface area contributed by atoms with Crippen molar-refractivity contribution in [3.63, 3.8) is 0 Å². The van der Waals surface area contributed by atoms with Crippen molar-refractivity contribution in [2.45, 2.75) is 25.8 Å². The molecule has 5 nitrogen and oxygen atoms in total. The van der Waals surface area contributed by atoms with E-state index in [0.717, 1.165) is 0 Å². The van der Waals surface area contributed by atoms with Crippen molar-refractivity contribution < 1.29 is 9.59 Å². The average Bonchev–Trinajstić information content (AvgIpc) is 2.51. The van der Waals surface area contributed by atoms with E-state index in [1.54, 1.807) is 0 Å². The number of nitrogens with one attached hydrogen (secondary N) is 2. The molecule has 0 aromatic heterocycles. The third-order valence-electron chi connectivity index (χ3n) is 2.39. The van der Waals surface area contributed by atoms with Crippen LogP contribution >= 0.6 is 12.2 Å². The molecule has 15 heavy (non-hydrogen) atoms. The molecule has 1 fully saturated rings. The molecule has 0 aromatic rings. The minimum Gasteiger partial charge on any atom is -0.393 e. The maximum Gasteiger partial charge on any atom is 0.230 e. The summed E-state index contributed by atoms with van der Waals surface area (Å²) in [7, 11) is 0. The molecule has 0 aliphatic carbocycles. The molecule has 1 aliphatic heterocycles. The number of amides is 2. The lowest BCUT2D eigenvalue weighted by molar-refractivity contribution is -0.123. The molecule has 1 heterocycles. The van der Waals surface area contributed by atoms with Crippen LogP contribution in [-0.4, -0.2) is 29.4 Å². The van der Waals surface area contributed by atoms with Gasteiger partial charge in [0, 0.05) is 13.0 Å². The van der Waals surface area contributed by atoms with Gasteiger partial charge in [-0.25, -0.2) is 0 Å². The van der Waals surface area contributed by atoms with E-state index in [0.29, 0.717) is 19.4 Å². The van der Waals surface area contributed by atoms with Gasteiger partial charge >= 0.3 is 0 Å². The quantitative estimate of drug-likeness (QED) is 0.557. The van der Waals surface area contributed by atoms with Crippen LogP contribution in [0.25, 0.3) is 0 Å². The molecular formula is C9H15N3O2S. The van der Waals surface area contributed by atoms with Gasteiger partial charge in [0.2, 0.25) is 11.8 Å². The molecule has 6 heteroatoms. The van der Waals surface area contributed by atoms with Crippen LogP contribution in [0, 0.1) is 5.92 Å². The highest BCUT2D eigenvalue weighted by Crippen LogP contribution is 2.06. The Morgan fingerprint density at radius 3 is 2.87 bits per heavy atom. The first-order chi connectivity index (χ1) is 7.04. The number of carbonyl (C=O) groups excluding carboxylic acids is 2. The van der Waals surface area contributed by atoms with Gasteiger partial charge in [0.05, 0.1) is 16.9 Å². The Kier molecular flexibility index (Phi) is 4.02. The Hall–Kier alpha value is -1.17. The maximum atomic E-state index is 11.7. The van der Waals surface area contributed by atoms with Gasteiger partial charge < -0.3 is 16.4 Å². The molecule has 1 aliphatic rings. The molecule has 2 unspecified atom stereocenters. The molecule has 1 saturated heterocycles. The summed E-state index contributed by atoms with van der Waals surface area (Å²) in [6, 6.07) is -0.131. The van der Waals surface area contributed by atoms with Crippen molar-refractivity contribution in [1.82, 2.24) is 10.6 Å². The van der Waals surface area contributed by atoms with Gasteiger partial charge in [-0.1, -0.05) is 19.1 Å². The van der Waals surface area contributed by atoms with Gasteiger partial charge in [-0.3, -0.25) is 9.59 Å². The molecule has 1 rings (SSSR count). The van der Waals surface area contributed by atoms with Gasteiger partial charge in [-0.05, 0) is 6.42 Å². The normalized spacial score (nSPS) is 21.9. The lowest BCUT2D eigenvalue weighted by Gasteiger charge is -2.16. The second kappa shape index (κ2) is 5.06. The summed E-state index contributed by atoms with van der Waals surface area (Å²) in [5, 5.41) is 5.40. The lowest BCUT2D eigenvalue weighted by atomic mass is 10.1. The Balaban J connectivity index is 2.47. The first-order valence-corrected chi connectivity index (χ1v) is 5.31. The van der Waals surface area contributed by atoms with Crippen molar-refractivity contribution in [2.75, 3.05) is 6.54 Å². The highest BCUT2D eigenvalue weighted by Gasteiger charge is 2.26. The van der Waals surface area contributed by atoms with Crippen molar-refractivity contribution >= 4 is 29.0 Å². The van der Waals surface area contributed by atoms with E-state index < -0.39 is 5.92 Å². The average molecular weight is 229 g/mol. The fraction of sp³-hybridized carbons (Fsp3) is 0.667. The summed E-state index contributed by atoms with van der Waals surface area (Å²) in [6.45, 7) is 2.33. The van der Waals surface area contributed by atoms with E-state index in [1.807, 2.05) is 6.92 Å². The number of nitrogens with two attached hydrogens (primary N) is 1. The molecule has 4 N–H and O–H groups in total. The van der Waals surface area contributed by atoms with E-state index in [4.69, 9.17) is 18.0 Å². The Morgan fingerprint density at radius 2 is 2.47 bits per heavy atom. The van der Waals surface area contributed by atoms with Crippen LogP contribution in [0.2, 0.25) is 0 Å². The predicted molar refractivity (Wildman–Crippen MR) is 60.1 cm³/mol. The largest absolute Gasteiger partial charge is 0.393 e. The number of thiocarbonyl (C=S) groups is 1. The van der Waals surface area contributed by atoms with Crippen LogP contribution in [0.3, 0.4) is 0 Å². The maximum absolute atomic E-state index is 11.7. The molecule has 0 saturated carbocycles. The summed E-state index contributed by atoms with van der Waals surface area (Å²) >= 11 is 4.79. The van der Waals surface area contributed by atoms with E-state index in [-0.39, 0.29) is 22.8 Å². The fourth-order valence-electron chi connectivity index (χ4n) is 1.52.